The van der Waals surface area contributed by atoms with E-state index < -0.39 is 0 Å². The maximum Gasteiger partial charge on any atom is 0.109 e. The largest absolute Gasteiger partial charge is 0.327 e. The van der Waals surface area contributed by atoms with Gasteiger partial charge >= 0.3 is 0 Å². The fourth-order valence-corrected chi connectivity index (χ4v) is 2.97. The fraction of sp³-hybridized carbons (Fsp3) is 0.357. The number of hydrogen-bond acceptors (Lipinski definition) is 2. The highest BCUT2D eigenvalue weighted by atomic mass is 79.9. The summed E-state index contributed by atoms with van der Waals surface area (Å²) in [4.78, 5) is 0. The average molecular weight is 306 g/mol. The molecule has 1 fully saturated rings. The Morgan fingerprint density at radius 1 is 1.28 bits per heavy atom. The van der Waals surface area contributed by atoms with Crippen LogP contribution < -0.4 is 5.73 Å². The third kappa shape index (κ3) is 1.80. The molecule has 0 radical (unpaired) electrons. The average Bonchev–Trinajstić information content (AvgIpc) is 3.08. The zero-order chi connectivity index (χ0) is 12.8. The van der Waals surface area contributed by atoms with E-state index in [9.17, 15) is 0 Å². The predicted octanol–water partition coefficient (Wildman–Crippen LogP) is 3.01. The highest BCUT2D eigenvalue weighted by Gasteiger charge is 2.47. The van der Waals surface area contributed by atoms with Crippen LogP contribution in [0.1, 0.15) is 25.3 Å². The maximum atomic E-state index is 6.10. The van der Waals surface area contributed by atoms with Gasteiger partial charge in [0.2, 0.25) is 0 Å². The minimum Gasteiger partial charge on any atom is -0.327 e. The zero-order valence-electron chi connectivity index (χ0n) is 10.3. The van der Waals surface area contributed by atoms with E-state index in [0.717, 1.165) is 10.3 Å². The van der Waals surface area contributed by atoms with Crippen molar-refractivity contribution in [3.63, 3.8) is 0 Å². The molecule has 1 aliphatic rings. The van der Waals surface area contributed by atoms with E-state index in [0.29, 0.717) is 0 Å². The summed E-state index contributed by atoms with van der Waals surface area (Å²) in [6.07, 6.45) is 4.19. The molecule has 1 aromatic carbocycles. The van der Waals surface area contributed by atoms with E-state index in [2.05, 4.69) is 52.2 Å². The van der Waals surface area contributed by atoms with Gasteiger partial charge in [0, 0.05) is 11.5 Å². The van der Waals surface area contributed by atoms with Gasteiger partial charge in [0.05, 0.1) is 11.9 Å². The van der Waals surface area contributed by atoms with Crippen molar-refractivity contribution < 1.29 is 0 Å². The van der Waals surface area contributed by atoms with Crippen LogP contribution in [0, 0.1) is 0 Å². The summed E-state index contributed by atoms with van der Waals surface area (Å²) >= 11 is 3.48. The molecule has 0 bridgehead atoms. The third-order valence-corrected chi connectivity index (χ3v) is 4.54. The van der Waals surface area contributed by atoms with Crippen LogP contribution in [0.15, 0.2) is 41.1 Å². The Bertz CT molecular complexity index is 553. The molecule has 2 N–H and O–H groups in total. The second-order valence-electron chi connectivity index (χ2n) is 5.06. The van der Waals surface area contributed by atoms with Crippen molar-refractivity contribution in [2.45, 2.75) is 31.2 Å². The summed E-state index contributed by atoms with van der Waals surface area (Å²) < 4.78 is 2.83. The maximum absolute atomic E-state index is 6.10. The highest BCUT2D eigenvalue weighted by Crippen LogP contribution is 2.50. The lowest BCUT2D eigenvalue weighted by atomic mass is 9.89. The van der Waals surface area contributed by atoms with Gasteiger partial charge in [0.15, 0.2) is 0 Å². The molecule has 2 aromatic rings. The van der Waals surface area contributed by atoms with Crippen molar-refractivity contribution in [1.29, 1.82) is 0 Å². The predicted molar refractivity (Wildman–Crippen MR) is 75.8 cm³/mol. The van der Waals surface area contributed by atoms with E-state index in [1.54, 1.807) is 6.20 Å². The van der Waals surface area contributed by atoms with Crippen molar-refractivity contribution in [3.8, 4) is 5.69 Å². The summed E-state index contributed by atoms with van der Waals surface area (Å²) in [5.41, 5.74) is 8.74. The van der Waals surface area contributed by atoms with Gasteiger partial charge in [0.1, 0.15) is 4.60 Å². The van der Waals surface area contributed by atoms with Crippen LogP contribution in [0.5, 0.6) is 0 Å². The van der Waals surface area contributed by atoms with E-state index in [4.69, 9.17) is 5.73 Å². The summed E-state index contributed by atoms with van der Waals surface area (Å²) in [7, 11) is 0. The summed E-state index contributed by atoms with van der Waals surface area (Å²) in [6, 6.07) is 10.7. The van der Waals surface area contributed by atoms with Crippen LogP contribution in [0.3, 0.4) is 0 Å². The minimum atomic E-state index is 0.222. The molecule has 0 aliphatic heterocycles. The number of nitrogens with two attached hydrogens (primary N) is 1. The number of benzene rings is 1. The Balaban J connectivity index is 1.93. The van der Waals surface area contributed by atoms with E-state index >= 15 is 0 Å². The molecule has 0 saturated heterocycles. The Labute approximate surface area is 115 Å². The molecule has 3 nitrogen and oxygen atoms in total. The molecule has 4 heteroatoms. The van der Waals surface area contributed by atoms with Crippen LogP contribution in [-0.4, -0.2) is 15.8 Å². The van der Waals surface area contributed by atoms with Crippen molar-refractivity contribution in [2.24, 2.45) is 5.73 Å². The van der Waals surface area contributed by atoms with Gasteiger partial charge in [-0.05, 0) is 59.5 Å². The molecule has 0 spiro atoms. The van der Waals surface area contributed by atoms with Crippen LogP contribution in [0.4, 0.5) is 0 Å². The topological polar surface area (TPSA) is 43.8 Å². The van der Waals surface area contributed by atoms with Gasteiger partial charge in [-0.15, -0.1) is 0 Å². The van der Waals surface area contributed by atoms with Crippen molar-refractivity contribution in [3.05, 3.63) is 46.7 Å². The van der Waals surface area contributed by atoms with Crippen LogP contribution in [0.25, 0.3) is 5.69 Å². The van der Waals surface area contributed by atoms with Crippen molar-refractivity contribution in [2.75, 3.05) is 0 Å². The Hall–Kier alpha value is -1.13. The molecule has 1 unspecified atom stereocenters. The van der Waals surface area contributed by atoms with E-state index in [1.807, 2.05) is 10.7 Å². The lowest BCUT2D eigenvalue weighted by molar-refractivity contribution is 0.556. The standard InChI is InChI=1S/C14H16BrN3/c1-10(16)14(7-8-14)11-2-4-12(5-3-11)18-13(15)6-9-17-18/h2-6,9-10H,7-8,16H2,1H3. The molecule has 1 atom stereocenters. The van der Waals surface area contributed by atoms with Crippen molar-refractivity contribution >= 4 is 15.9 Å². The third-order valence-electron chi connectivity index (χ3n) is 3.94. The number of nitrogens with zero attached hydrogens (tertiary/aromatic N) is 2. The SMILES string of the molecule is CC(N)C1(c2ccc(-n3nccc3Br)cc2)CC1. The molecule has 1 saturated carbocycles. The molecule has 1 aromatic heterocycles. The molecule has 1 aliphatic carbocycles. The first-order valence-electron chi connectivity index (χ1n) is 6.19. The second kappa shape index (κ2) is 4.21. The van der Waals surface area contributed by atoms with Crippen LogP contribution in [0.2, 0.25) is 0 Å². The Morgan fingerprint density at radius 2 is 1.94 bits per heavy atom. The van der Waals surface area contributed by atoms with Gasteiger partial charge in [-0.1, -0.05) is 12.1 Å². The highest BCUT2D eigenvalue weighted by molar-refractivity contribution is 9.10. The van der Waals surface area contributed by atoms with Crippen molar-refractivity contribution in [1.82, 2.24) is 9.78 Å². The van der Waals surface area contributed by atoms with Gasteiger partial charge in [0.25, 0.3) is 0 Å². The molecular weight excluding hydrogens is 290 g/mol. The van der Waals surface area contributed by atoms with Crippen LogP contribution >= 0.6 is 15.9 Å². The number of hydrogen-bond donors (Lipinski definition) is 1. The smallest absolute Gasteiger partial charge is 0.109 e. The quantitative estimate of drug-likeness (QED) is 0.947. The lowest BCUT2D eigenvalue weighted by Crippen LogP contribution is -2.31. The first-order chi connectivity index (χ1) is 8.63. The number of rotatable bonds is 3. The molecule has 1 heterocycles. The molecular formula is C14H16BrN3. The molecule has 0 amide bonds. The summed E-state index contributed by atoms with van der Waals surface area (Å²) in [6.45, 7) is 2.10. The van der Waals surface area contributed by atoms with Gasteiger partial charge in [-0.2, -0.15) is 5.10 Å². The minimum absolute atomic E-state index is 0.222. The molecule has 18 heavy (non-hydrogen) atoms. The van der Waals surface area contributed by atoms with Crippen LogP contribution in [-0.2, 0) is 5.41 Å². The fourth-order valence-electron chi connectivity index (χ4n) is 2.55. The monoisotopic (exact) mass is 305 g/mol. The molecule has 3 rings (SSSR count). The summed E-state index contributed by atoms with van der Waals surface area (Å²) in [5, 5.41) is 4.27. The Morgan fingerprint density at radius 3 is 2.39 bits per heavy atom. The number of halogens is 1. The second-order valence-corrected chi connectivity index (χ2v) is 5.87. The molecule has 94 valence electrons. The first kappa shape index (κ1) is 11.9. The van der Waals surface area contributed by atoms with E-state index in [1.165, 1.54) is 18.4 Å². The number of aromatic nitrogens is 2. The van der Waals surface area contributed by atoms with Gasteiger partial charge in [-0.3, -0.25) is 0 Å². The first-order valence-corrected chi connectivity index (χ1v) is 6.99. The zero-order valence-corrected chi connectivity index (χ0v) is 11.9. The summed E-state index contributed by atoms with van der Waals surface area (Å²) in [5.74, 6) is 0. The lowest BCUT2D eigenvalue weighted by Gasteiger charge is -2.20. The normalized spacial score (nSPS) is 18.6. The van der Waals surface area contributed by atoms with E-state index in [-0.39, 0.29) is 11.5 Å². The van der Waals surface area contributed by atoms with Gasteiger partial charge in [-0.25, -0.2) is 4.68 Å². The van der Waals surface area contributed by atoms with Gasteiger partial charge < -0.3 is 5.73 Å². The Kier molecular flexibility index (Phi) is 2.79.